The van der Waals surface area contributed by atoms with Crippen molar-refractivity contribution in [2.45, 2.75) is 38.8 Å². The molecule has 0 radical (unpaired) electrons. The molecule has 0 amide bonds. The monoisotopic (exact) mass is 202 g/mol. The first-order valence-electron chi connectivity index (χ1n) is 5.30. The lowest BCUT2D eigenvalue weighted by molar-refractivity contribution is 0.478. The molecule has 0 aromatic rings. The van der Waals surface area contributed by atoms with E-state index in [-0.39, 0.29) is 0 Å². The Kier molecular flexibility index (Phi) is 5.84. The van der Waals surface area contributed by atoms with Gasteiger partial charge >= 0.3 is 0 Å². The van der Waals surface area contributed by atoms with E-state index in [2.05, 4.69) is 50.8 Å². The highest BCUT2D eigenvalue weighted by atomic mass is 28.3. The Morgan fingerprint density at radius 2 is 1.38 bits per heavy atom. The summed E-state index contributed by atoms with van der Waals surface area (Å²) >= 11 is 0. The molecule has 80 valence electrons. The van der Waals surface area contributed by atoms with E-state index in [9.17, 15) is 0 Å². The smallest absolute Gasteiger partial charge is 0.202 e. The van der Waals surface area contributed by atoms with Crippen LogP contribution in [0, 0.1) is 0 Å². The Morgan fingerprint density at radius 1 is 0.923 bits per heavy atom. The van der Waals surface area contributed by atoms with E-state index in [1.165, 1.54) is 25.3 Å². The van der Waals surface area contributed by atoms with E-state index in [4.69, 9.17) is 0 Å². The van der Waals surface area contributed by atoms with Gasteiger partial charge in [0.25, 0.3) is 0 Å². The maximum Gasteiger partial charge on any atom is 0.202 e. The lowest BCUT2D eigenvalue weighted by Gasteiger charge is -2.39. The average molecular weight is 202 g/mol. The molecule has 13 heavy (non-hydrogen) atoms. The quantitative estimate of drug-likeness (QED) is 0.482. The third-order valence-electron chi connectivity index (χ3n) is 3.18. The first-order valence-corrected chi connectivity index (χ1v) is 7.90. The van der Waals surface area contributed by atoms with Gasteiger partial charge in [-0.25, -0.2) is 0 Å². The molecule has 0 rings (SSSR count). The summed E-state index contributed by atoms with van der Waals surface area (Å²) in [6.45, 7) is 4.72. The van der Waals surface area contributed by atoms with Crippen molar-refractivity contribution in [2.24, 2.45) is 0 Å². The van der Waals surface area contributed by atoms with Crippen molar-refractivity contribution in [3.05, 3.63) is 0 Å². The Labute approximate surface area is 85.1 Å². The molecule has 0 saturated heterocycles. The molecule has 0 spiro atoms. The predicted molar refractivity (Wildman–Crippen MR) is 63.3 cm³/mol. The van der Waals surface area contributed by atoms with Gasteiger partial charge < -0.3 is 9.13 Å². The van der Waals surface area contributed by atoms with Gasteiger partial charge in [-0.1, -0.05) is 26.2 Å². The minimum Gasteiger partial charge on any atom is -0.317 e. The highest BCUT2D eigenvalue weighted by Gasteiger charge is 2.32. The zero-order chi connectivity index (χ0) is 10.5. The van der Waals surface area contributed by atoms with Crippen LogP contribution in [0.15, 0.2) is 0 Å². The largest absolute Gasteiger partial charge is 0.317 e. The van der Waals surface area contributed by atoms with E-state index in [1.54, 1.807) is 0 Å². The predicted octanol–water partition coefficient (Wildman–Crippen LogP) is 2.37. The van der Waals surface area contributed by atoms with Crippen LogP contribution >= 0.6 is 0 Å². The Morgan fingerprint density at radius 3 is 1.69 bits per heavy atom. The summed E-state index contributed by atoms with van der Waals surface area (Å²) in [4.78, 5) is 0. The van der Waals surface area contributed by atoms with Crippen LogP contribution in [0.4, 0.5) is 0 Å². The molecule has 0 bridgehead atoms. The van der Waals surface area contributed by atoms with Crippen LogP contribution in [-0.2, 0) is 0 Å². The second kappa shape index (κ2) is 5.78. The van der Waals surface area contributed by atoms with Gasteiger partial charge in [0.2, 0.25) is 8.40 Å². The molecule has 0 aliphatic rings. The van der Waals surface area contributed by atoms with Crippen LogP contribution in [0.1, 0.15) is 26.2 Å². The number of hydrogen-bond donors (Lipinski definition) is 0. The maximum absolute atomic E-state index is 2.45. The number of nitrogens with zero attached hydrogens (tertiary/aromatic N) is 2. The molecule has 2 nitrogen and oxygen atoms in total. The number of rotatable bonds is 6. The van der Waals surface area contributed by atoms with Crippen molar-refractivity contribution >= 4 is 8.40 Å². The first kappa shape index (κ1) is 13.1. The third kappa shape index (κ3) is 3.79. The fraction of sp³-hybridized carbons (Fsp3) is 1.00. The van der Waals surface area contributed by atoms with Crippen molar-refractivity contribution in [3.8, 4) is 0 Å². The molecule has 0 aromatic carbocycles. The number of hydrogen-bond acceptors (Lipinski definition) is 2. The first-order chi connectivity index (χ1) is 5.95. The van der Waals surface area contributed by atoms with E-state index >= 15 is 0 Å². The molecule has 0 aliphatic heterocycles. The van der Waals surface area contributed by atoms with Gasteiger partial charge in [0.05, 0.1) is 0 Å². The van der Waals surface area contributed by atoms with Crippen molar-refractivity contribution in [1.82, 2.24) is 9.13 Å². The Balaban J connectivity index is 4.09. The molecule has 0 atom stereocenters. The standard InChI is InChI=1S/C10H26N2Si/c1-7-8-9-10-13(6,11(2)3)12(4)5/h7-10H2,1-6H3. The summed E-state index contributed by atoms with van der Waals surface area (Å²) in [7, 11) is 7.61. The Hall–Kier alpha value is 0.137. The van der Waals surface area contributed by atoms with Gasteiger partial charge in [0, 0.05) is 0 Å². The van der Waals surface area contributed by atoms with Crippen molar-refractivity contribution in [3.63, 3.8) is 0 Å². The minimum atomic E-state index is -1.27. The van der Waals surface area contributed by atoms with E-state index in [0.29, 0.717) is 0 Å². The zero-order valence-corrected chi connectivity index (χ0v) is 11.2. The van der Waals surface area contributed by atoms with E-state index < -0.39 is 8.40 Å². The molecule has 0 unspecified atom stereocenters. The molecule has 3 heteroatoms. The summed E-state index contributed by atoms with van der Waals surface area (Å²) in [6, 6.07) is 1.39. The summed E-state index contributed by atoms with van der Waals surface area (Å²) in [5.41, 5.74) is 0. The molecule has 0 aromatic heterocycles. The second-order valence-electron chi connectivity index (χ2n) is 4.46. The molecule has 0 N–H and O–H groups in total. The van der Waals surface area contributed by atoms with Crippen LogP contribution in [-0.4, -0.2) is 45.7 Å². The topological polar surface area (TPSA) is 6.48 Å². The average Bonchev–Trinajstić information content (AvgIpc) is 2.03. The highest BCUT2D eigenvalue weighted by molar-refractivity contribution is 6.72. The van der Waals surface area contributed by atoms with Crippen molar-refractivity contribution in [1.29, 1.82) is 0 Å². The van der Waals surface area contributed by atoms with Gasteiger partial charge in [-0.3, -0.25) is 0 Å². The van der Waals surface area contributed by atoms with Crippen LogP contribution in [0.3, 0.4) is 0 Å². The number of unbranched alkanes of at least 4 members (excludes halogenated alkanes) is 2. The fourth-order valence-electron chi connectivity index (χ4n) is 1.56. The molecule has 0 fully saturated rings. The van der Waals surface area contributed by atoms with Gasteiger partial charge in [0.1, 0.15) is 0 Å². The summed E-state index contributed by atoms with van der Waals surface area (Å²) in [5, 5.41) is 0. The molecular weight excluding hydrogens is 176 g/mol. The fourth-order valence-corrected chi connectivity index (χ4v) is 4.17. The summed E-state index contributed by atoms with van der Waals surface area (Å²) in [5.74, 6) is 0. The van der Waals surface area contributed by atoms with Gasteiger partial charge in [-0.15, -0.1) is 0 Å². The van der Waals surface area contributed by atoms with Crippen molar-refractivity contribution < 1.29 is 0 Å². The van der Waals surface area contributed by atoms with Crippen LogP contribution < -0.4 is 0 Å². The van der Waals surface area contributed by atoms with Crippen molar-refractivity contribution in [2.75, 3.05) is 28.2 Å². The van der Waals surface area contributed by atoms with Crippen LogP contribution in [0.25, 0.3) is 0 Å². The SMILES string of the molecule is CCCCC[Si](C)(N(C)C)N(C)C. The summed E-state index contributed by atoms with van der Waals surface area (Å²) < 4.78 is 4.89. The Bertz CT molecular complexity index is 127. The lowest BCUT2D eigenvalue weighted by Crippen LogP contribution is -2.58. The molecular formula is C10H26N2Si. The van der Waals surface area contributed by atoms with Gasteiger partial charge in [-0.05, 0) is 40.8 Å². The van der Waals surface area contributed by atoms with E-state index in [1.807, 2.05) is 0 Å². The molecule has 0 aliphatic carbocycles. The third-order valence-corrected chi connectivity index (χ3v) is 8.34. The summed E-state index contributed by atoms with van der Waals surface area (Å²) in [6.07, 6.45) is 4.09. The van der Waals surface area contributed by atoms with E-state index in [0.717, 1.165) is 0 Å². The zero-order valence-electron chi connectivity index (χ0n) is 10.2. The van der Waals surface area contributed by atoms with Gasteiger partial charge in [0.15, 0.2) is 0 Å². The second-order valence-corrected chi connectivity index (χ2v) is 9.19. The van der Waals surface area contributed by atoms with Crippen LogP contribution in [0.5, 0.6) is 0 Å². The highest BCUT2D eigenvalue weighted by Crippen LogP contribution is 2.18. The van der Waals surface area contributed by atoms with Crippen LogP contribution in [0.2, 0.25) is 12.6 Å². The molecule has 0 heterocycles. The maximum atomic E-state index is 2.45. The minimum absolute atomic E-state index is 1.27. The van der Waals surface area contributed by atoms with Gasteiger partial charge in [-0.2, -0.15) is 0 Å². The normalized spacial score (nSPS) is 12.9. The lowest BCUT2D eigenvalue weighted by atomic mass is 10.3. The molecule has 0 saturated carbocycles.